The number of nitrogens with one attached hydrogen (secondary N) is 2. The molecule has 0 saturated carbocycles. The van der Waals surface area contributed by atoms with Crippen LogP contribution >= 0.6 is 24.0 Å². The number of carbonyl (C=O) groups excluding carboxylic acids is 1. The number of amides is 1. The number of halogens is 1. The number of ether oxygens (including phenoxy) is 1. The molecule has 1 aliphatic heterocycles. The first-order chi connectivity index (χ1) is 12.0. The predicted molar refractivity (Wildman–Crippen MR) is 113 cm³/mol. The van der Waals surface area contributed by atoms with Gasteiger partial charge in [-0.2, -0.15) is 5.10 Å². The third kappa shape index (κ3) is 6.75. The van der Waals surface area contributed by atoms with E-state index < -0.39 is 0 Å². The predicted octanol–water partition coefficient (Wildman–Crippen LogP) is 1.15. The first-order valence-electron chi connectivity index (χ1n) is 8.92. The molecule has 2 rings (SSSR count). The number of aromatic nitrogens is 2. The summed E-state index contributed by atoms with van der Waals surface area (Å²) in [7, 11) is 1.90. The van der Waals surface area contributed by atoms with E-state index in [1.165, 1.54) is 0 Å². The van der Waals surface area contributed by atoms with Crippen molar-refractivity contribution in [3.63, 3.8) is 0 Å². The molecule has 1 fully saturated rings. The van der Waals surface area contributed by atoms with Gasteiger partial charge in [-0.05, 0) is 6.92 Å². The Morgan fingerprint density at radius 2 is 2.23 bits per heavy atom. The van der Waals surface area contributed by atoms with Crippen molar-refractivity contribution in [3.05, 3.63) is 18.0 Å². The molecule has 1 aromatic rings. The van der Waals surface area contributed by atoms with Crippen LogP contribution in [0.3, 0.4) is 0 Å². The van der Waals surface area contributed by atoms with Gasteiger partial charge in [0.15, 0.2) is 5.96 Å². The van der Waals surface area contributed by atoms with Crippen LogP contribution in [0.15, 0.2) is 17.4 Å². The maximum Gasteiger partial charge on any atom is 0.222 e. The molecule has 0 aliphatic carbocycles. The van der Waals surface area contributed by atoms with E-state index in [0.717, 1.165) is 31.2 Å². The third-order valence-electron chi connectivity index (χ3n) is 3.99. The SMILES string of the molecule is CCNC(=NCCNC(=O)C(C)C)N1CCOC(c2cnn(C)c2)C1.I. The van der Waals surface area contributed by atoms with Gasteiger partial charge < -0.3 is 20.3 Å². The average Bonchev–Trinajstić information content (AvgIpc) is 3.04. The third-order valence-corrected chi connectivity index (χ3v) is 3.99. The zero-order valence-corrected chi connectivity index (χ0v) is 18.4. The molecule has 8 nitrogen and oxygen atoms in total. The van der Waals surface area contributed by atoms with E-state index in [1.54, 1.807) is 4.68 Å². The number of aliphatic imine (C=N–C) groups is 1. The molecule has 0 radical (unpaired) electrons. The molecule has 2 N–H and O–H groups in total. The van der Waals surface area contributed by atoms with Crippen LogP contribution < -0.4 is 10.6 Å². The van der Waals surface area contributed by atoms with Crippen LogP contribution in [0.25, 0.3) is 0 Å². The number of aryl methyl sites for hydroxylation is 1. The van der Waals surface area contributed by atoms with Crippen LogP contribution in [0.4, 0.5) is 0 Å². The largest absolute Gasteiger partial charge is 0.370 e. The molecule has 1 aliphatic rings. The number of hydrogen-bond acceptors (Lipinski definition) is 4. The van der Waals surface area contributed by atoms with Crippen LogP contribution in [0, 0.1) is 5.92 Å². The second-order valence-corrected chi connectivity index (χ2v) is 6.43. The minimum absolute atomic E-state index is 0. The Labute approximate surface area is 172 Å². The van der Waals surface area contributed by atoms with E-state index in [0.29, 0.717) is 19.7 Å². The number of carbonyl (C=O) groups is 1. The molecule has 0 bridgehead atoms. The lowest BCUT2D eigenvalue weighted by Gasteiger charge is -2.34. The summed E-state index contributed by atoms with van der Waals surface area (Å²) in [4.78, 5) is 18.5. The van der Waals surface area contributed by atoms with E-state index in [2.05, 4.69) is 32.5 Å². The molecule has 0 aromatic carbocycles. The van der Waals surface area contributed by atoms with Crippen LogP contribution in [0.2, 0.25) is 0 Å². The highest BCUT2D eigenvalue weighted by atomic mass is 127. The Kier molecular flexibility index (Phi) is 9.92. The number of morpholine rings is 1. The quantitative estimate of drug-likeness (QED) is 0.278. The summed E-state index contributed by atoms with van der Waals surface area (Å²) in [5, 5.41) is 10.4. The fourth-order valence-electron chi connectivity index (χ4n) is 2.62. The fourth-order valence-corrected chi connectivity index (χ4v) is 2.62. The lowest BCUT2D eigenvalue weighted by atomic mass is 10.1. The molecule has 9 heteroatoms. The second-order valence-electron chi connectivity index (χ2n) is 6.43. The topological polar surface area (TPSA) is 83.8 Å². The molecule has 2 heterocycles. The van der Waals surface area contributed by atoms with Crippen molar-refractivity contribution in [2.45, 2.75) is 26.9 Å². The summed E-state index contributed by atoms with van der Waals surface area (Å²) in [6, 6.07) is 0. The Hall–Kier alpha value is -1.36. The normalized spacial score (nSPS) is 17.8. The Morgan fingerprint density at radius 1 is 1.46 bits per heavy atom. The highest BCUT2D eigenvalue weighted by Gasteiger charge is 2.25. The summed E-state index contributed by atoms with van der Waals surface area (Å²) >= 11 is 0. The standard InChI is InChI=1S/C17H30N6O2.HI/c1-5-18-17(20-7-6-19-16(24)13(2)3)23-8-9-25-15(12-23)14-10-21-22(4)11-14;/h10-11,13,15H,5-9,12H2,1-4H3,(H,18,20)(H,19,24);1H. The first-order valence-corrected chi connectivity index (χ1v) is 8.92. The van der Waals surface area contributed by atoms with E-state index in [1.807, 2.05) is 33.3 Å². The Morgan fingerprint density at radius 3 is 2.85 bits per heavy atom. The zero-order valence-electron chi connectivity index (χ0n) is 16.1. The number of hydrogen-bond donors (Lipinski definition) is 2. The van der Waals surface area contributed by atoms with Crippen LogP contribution in [0.1, 0.15) is 32.4 Å². The zero-order chi connectivity index (χ0) is 18.2. The molecule has 1 atom stereocenters. The van der Waals surface area contributed by atoms with E-state index in [-0.39, 0.29) is 41.9 Å². The van der Waals surface area contributed by atoms with E-state index in [4.69, 9.17) is 4.74 Å². The maximum absolute atomic E-state index is 11.6. The first kappa shape index (κ1) is 22.7. The molecule has 1 unspecified atom stereocenters. The molecule has 0 spiro atoms. The minimum Gasteiger partial charge on any atom is -0.370 e. The van der Waals surface area contributed by atoms with Gasteiger partial charge in [-0.3, -0.25) is 14.5 Å². The van der Waals surface area contributed by atoms with Crippen molar-refractivity contribution in [2.24, 2.45) is 18.0 Å². The molecule has 26 heavy (non-hydrogen) atoms. The van der Waals surface area contributed by atoms with Gasteiger partial charge in [0.05, 0.1) is 25.9 Å². The second kappa shape index (κ2) is 11.4. The highest BCUT2D eigenvalue weighted by Crippen LogP contribution is 2.21. The van der Waals surface area contributed by atoms with Crippen LogP contribution in [-0.4, -0.2) is 65.9 Å². The van der Waals surface area contributed by atoms with Crippen LogP contribution in [-0.2, 0) is 16.6 Å². The molecular formula is C17H31IN6O2. The summed E-state index contributed by atoms with van der Waals surface area (Å²) in [6.45, 7) is 9.88. The number of rotatable bonds is 6. The van der Waals surface area contributed by atoms with Gasteiger partial charge in [0.25, 0.3) is 0 Å². The van der Waals surface area contributed by atoms with Gasteiger partial charge in [-0.25, -0.2) is 0 Å². The van der Waals surface area contributed by atoms with Gasteiger partial charge in [0.1, 0.15) is 6.10 Å². The lowest BCUT2D eigenvalue weighted by molar-refractivity contribution is -0.123. The average molecular weight is 478 g/mol. The van der Waals surface area contributed by atoms with Gasteiger partial charge in [0.2, 0.25) is 5.91 Å². The highest BCUT2D eigenvalue weighted by molar-refractivity contribution is 14.0. The van der Waals surface area contributed by atoms with E-state index >= 15 is 0 Å². The van der Waals surface area contributed by atoms with Gasteiger partial charge in [0, 0.05) is 44.4 Å². The van der Waals surface area contributed by atoms with Crippen LogP contribution in [0.5, 0.6) is 0 Å². The minimum atomic E-state index is -0.00745. The van der Waals surface area contributed by atoms with Crippen molar-refractivity contribution < 1.29 is 9.53 Å². The summed E-state index contributed by atoms with van der Waals surface area (Å²) < 4.78 is 7.67. The molecule has 1 aromatic heterocycles. The van der Waals surface area contributed by atoms with Gasteiger partial charge in [-0.1, -0.05) is 13.8 Å². The molecule has 1 saturated heterocycles. The maximum atomic E-state index is 11.6. The summed E-state index contributed by atoms with van der Waals surface area (Å²) in [6.07, 6.45) is 3.83. The smallest absolute Gasteiger partial charge is 0.222 e. The fraction of sp³-hybridized carbons (Fsp3) is 0.706. The molecule has 148 valence electrons. The van der Waals surface area contributed by atoms with Crippen molar-refractivity contribution >= 4 is 35.8 Å². The Balaban J connectivity index is 0.00000338. The molecular weight excluding hydrogens is 447 g/mol. The summed E-state index contributed by atoms with van der Waals surface area (Å²) in [5.41, 5.74) is 1.08. The Bertz CT molecular complexity index is 590. The van der Waals surface area contributed by atoms with Gasteiger partial charge >= 0.3 is 0 Å². The lowest BCUT2D eigenvalue weighted by Crippen LogP contribution is -2.48. The number of nitrogens with zero attached hydrogens (tertiary/aromatic N) is 4. The van der Waals surface area contributed by atoms with E-state index in [9.17, 15) is 4.79 Å². The van der Waals surface area contributed by atoms with Gasteiger partial charge in [-0.15, -0.1) is 24.0 Å². The molecule has 1 amide bonds. The van der Waals surface area contributed by atoms with Crippen molar-refractivity contribution in [3.8, 4) is 0 Å². The van der Waals surface area contributed by atoms with Crippen molar-refractivity contribution in [2.75, 3.05) is 39.3 Å². The summed E-state index contributed by atoms with van der Waals surface area (Å²) in [5.74, 6) is 0.915. The van der Waals surface area contributed by atoms with Crippen molar-refractivity contribution in [1.29, 1.82) is 0 Å². The monoisotopic (exact) mass is 478 g/mol. The number of guanidine groups is 1. The van der Waals surface area contributed by atoms with Crippen molar-refractivity contribution in [1.82, 2.24) is 25.3 Å².